The third kappa shape index (κ3) is 28.7. The molecule has 0 N–H and O–H groups in total. The standard InChI is InChI=1S/2C16H18.C14H22.C12H18.C11H13N.C11H16.C10H14/c1-16(2,3)15-11-7-10-14(12-15)13-8-5-4-6-9-13;1-16(2,3)15-11-9-14(10-12-15)13-7-5-4-6-8-13;1-13(2,3)11-7-9-12(10-8-11)14(4,5)6;1-9-6-10(2)8-11(7-9)12(3,4)5;1-11(2,3)10-6-4-9(8-12)5-7-10;1-9-5-7-10(8-6-9)11(2,3)4;1-10(2,3)9-7-5-4-6-8-9/h2*4-12H,1-3H3;7-10H,1-6H3;6-8H,1-5H3;4-7H,1-3H3;5-8H,1-4H3;4-8H,1-3H3. The minimum atomic E-state index is 0.175. The number of rotatable bonds is 2. The first-order valence-electron chi connectivity index (χ1n) is 33.0. The van der Waals surface area contributed by atoms with E-state index in [-0.39, 0.29) is 37.9 Å². The Morgan fingerprint density at radius 2 is 0.440 bits per heavy atom. The van der Waals surface area contributed by atoms with Crippen LogP contribution < -0.4 is 0 Å². The minimum absolute atomic E-state index is 0.175. The lowest BCUT2D eigenvalue weighted by Gasteiger charge is -2.23. The molecule has 9 aromatic rings. The fraction of sp³-hybridized carbons (Fsp3) is 0.389. The summed E-state index contributed by atoms with van der Waals surface area (Å²) in [5, 5.41) is 8.58. The number of nitriles is 1. The van der Waals surface area contributed by atoms with Crippen molar-refractivity contribution in [3.8, 4) is 28.3 Å². The Kier molecular flexibility index (Phi) is 28.8. The Balaban J connectivity index is 0.000000279. The van der Waals surface area contributed by atoms with Gasteiger partial charge in [0, 0.05) is 0 Å². The average molecular weight is 1210 g/mol. The van der Waals surface area contributed by atoms with Crippen molar-refractivity contribution in [1.29, 1.82) is 5.26 Å². The summed E-state index contributed by atoms with van der Waals surface area (Å²) < 4.78 is 0. The van der Waals surface area contributed by atoms with Crippen LogP contribution in [0.4, 0.5) is 0 Å². The highest BCUT2D eigenvalue weighted by Gasteiger charge is 2.19. The fourth-order valence-electron chi connectivity index (χ4n) is 9.50. The van der Waals surface area contributed by atoms with E-state index in [1.165, 1.54) is 83.5 Å². The van der Waals surface area contributed by atoms with Gasteiger partial charge in [0.2, 0.25) is 0 Å². The monoisotopic (exact) mass is 1210 g/mol. The molecule has 91 heavy (non-hydrogen) atoms. The van der Waals surface area contributed by atoms with Crippen LogP contribution in [0.2, 0.25) is 0 Å². The summed E-state index contributed by atoms with van der Waals surface area (Å²) in [6.07, 6.45) is 0. The van der Waals surface area contributed by atoms with E-state index in [4.69, 9.17) is 5.26 Å². The molecule has 0 aliphatic rings. The third-order valence-electron chi connectivity index (χ3n) is 15.8. The minimum Gasteiger partial charge on any atom is -0.192 e. The number of aryl methyl sites for hydroxylation is 3. The van der Waals surface area contributed by atoms with Gasteiger partial charge in [-0.25, -0.2) is 0 Å². The molecule has 0 spiro atoms. The predicted molar refractivity (Wildman–Crippen MR) is 404 cm³/mol. The fourth-order valence-corrected chi connectivity index (χ4v) is 9.50. The number of hydrogen-bond donors (Lipinski definition) is 0. The van der Waals surface area contributed by atoms with Crippen molar-refractivity contribution in [2.45, 2.75) is 230 Å². The maximum absolute atomic E-state index is 8.58. The van der Waals surface area contributed by atoms with Crippen molar-refractivity contribution in [3.63, 3.8) is 0 Å². The van der Waals surface area contributed by atoms with Gasteiger partial charge in [0.25, 0.3) is 0 Å². The first-order valence-corrected chi connectivity index (χ1v) is 33.0. The Hall–Kier alpha value is -7.53. The molecule has 1 heteroatoms. The molecule has 0 aliphatic heterocycles. The van der Waals surface area contributed by atoms with E-state index in [1.54, 1.807) is 0 Å². The molecule has 0 aliphatic carbocycles. The van der Waals surface area contributed by atoms with Crippen LogP contribution in [0.3, 0.4) is 0 Å². The van der Waals surface area contributed by atoms with Crippen LogP contribution in [0.25, 0.3) is 22.3 Å². The molecule has 0 unspecified atom stereocenters. The summed E-state index contributed by atoms with van der Waals surface area (Å²) >= 11 is 0. The van der Waals surface area contributed by atoms with Crippen molar-refractivity contribution < 1.29 is 0 Å². The van der Waals surface area contributed by atoms with Crippen molar-refractivity contribution in [2.75, 3.05) is 0 Å². The Labute approximate surface area is 557 Å². The third-order valence-corrected chi connectivity index (χ3v) is 15.8. The zero-order valence-electron chi connectivity index (χ0n) is 61.9. The second kappa shape index (κ2) is 33.7. The van der Waals surface area contributed by atoms with Gasteiger partial charge in [-0.05, 0) is 143 Å². The van der Waals surface area contributed by atoms with E-state index in [0.717, 1.165) is 5.56 Å². The quantitative estimate of drug-likeness (QED) is 0.169. The highest BCUT2D eigenvalue weighted by molar-refractivity contribution is 5.65. The van der Waals surface area contributed by atoms with Crippen LogP contribution in [-0.4, -0.2) is 0 Å². The van der Waals surface area contributed by atoms with E-state index < -0.39 is 0 Å². The topological polar surface area (TPSA) is 23.8 Å². The SMILES string of the molecule is CC(C)(C)c1ccc(-c2ccccc2)cc1.CC(C)(C)c1ccc(C#N)cc1.CC(C)(C)c1ccc(C(C)(C)C)cc1.CC(C)(C)c1cccc(-c2ccccc2)c1.CC(C)(C)c1ccccc1.Cc1cc(C)cc(C(C)(C)C)c1.Cc1ccc(C(C)(C)C)cc1. The highest BCUT2D eigenvalue weighted by Crippen LogP contribution is 2.31. The van der Waals surface area contributed by atoms with Crippen LogP contribution in [0.1, 0.15) is 233 Å². The van der Waals surface area contributed by atoms with Crippen LogP contribution in [0, 0.1) is 32.1 Å². The average Bonchev–Trinajstić information content (AvgIpc) is 2.35. The molecule has 9 rings (SSSR count). The van der Waals surface area contributed by atoms with E-state index in [9.17, 15) is 0 Å². The molecule has 0 bridgehead atoms. The molecule has 9 aromatic carbocycles. The van der Waals surface area contributed by atoms with Crippen LogP contribution in [0.5, 0.6) is 0 Å². The van der Waals surface area contributed by atoms with E-state index >= 15 is 0 Å². The predicted octanol–water partition coefficient (Wildman–Crippen LogP) is 26.3. The van der Waals surface area contributed by atoms with Crippen LogP contribution in [0.15, 0.2) is 231 Å². The number of nitrogens with zero attached hydrogens (tertiary/aromatic N) is 1. The van der Waals surface area contributed by atoms with Crippen molar-refractivity contribution in [2.24, 2.45) is 0 Å². The normalized spacial score (nSPS) is 11.7. The highest BCUT2D eigenvalue weighted by atomic mass is 14.3. The van der Waals surface area contributed by atoms with Gasteiger partial charge in [-0.3, -0.25) is 0 Å². The van der Waals surface area contributed by atoms with Gasteiger partial charge in [0.05, 0.1) is 11.6 Å². The van der Waals surface area contributed by atoms with Gasteiger partial charge < -0.3 is 0 Å². The largest absolute Gasteiger partial charge is 0.192 e. The first-order chi connectivity index (χ1) is 41.9. The van der Waals surface area contributed by atoms with Gasteiger partial charge >= 0.3 is 0 Å². The van der Waals surface area contributed by atoms with Crippen molar-refractivity contribution in [3.05, 3.63) is 297 Å². The molecular formula is C90H119N. The van der Waals surface area contributed by atoms with Crippen LogP contribution in [-0.2, 0) is 43.3 Å². The summed E-state index contributed by atoms with van der Waals surface area (Å²) in [6.45, 7) is 60.0. The maximum atomic E-state index is 8.58. The molecule has 0 radical (unpaired) electrons. The second-order valence-electron chi connectivity index (χ2n) is 32.8. The Bertz CT molecular complexity index is 3480. The lowest BCUT2D eigenvalue weighted by Crippen LogP contribution is -2.14. The zero-order valence-corrected chi connectivity index (χ0v) is 61.9. The number of benzene rings is 9. The van der Waals surface area contributed by atoms with Crippen LogP contribution >= 0.6 is 0 Å². The summed E-state index contributed by atoms with van der Waals surface area (Å²) in [6, 6.07) is 83.6. The Morgan fingerprint density at radius 1 is 0.198 bits per heavy atom. The van der Waals surface area contributed by atoms with Gasteiger partial charge in [-0.1, -0.05) is 401 Å². The number of hydrogen-bond acceptors (Lipinski definition) is 1. The van der Waals surface area contributed by atoms with Gasteiger partial charge in [-0.15, -0.1) is 0 Å². The second-order valence-corrected chi connectivity index (χ2v) is 32.8. The molecule has 0 aromatic heterocycles. The summed E-state index contributed by atoms with van der Waals surface area (Å²) in [5.41, 5.74) is 23.0. The molecular weight excluding hydrogens is 1090 g/mol. The Morgan fingerprint density at radius 3 is 0.747 bits per heavy atom. The van der Waals surface area contributed by atoms with Crippen molar-refractivity contribution in [1.82, 2.24) is 0 Å². The summed E-state index contributed by atoms with van der Waals surface area (Å²) in [7, 11) is 0. The molecule has 0 saturated carbocycles. The summed E-state index contributed by atoms with van der Waals surface area (Å²) in [4.78, 5) is 0. The molecule has 1 nitrogen and oxygen atoms in total. The van der Waals surface area contributed by atoms with E-state index in [2.05, 4.69) is 393 Å². The molecule has 0 heterocycles. The molecule has 0 fully saturated rings. The lowest BCUT2D eigenvalue weighted by atomic mass is 9.82. The smallest absolute Gasteiger partial charge is 0.0991 e. The summed E-state index contributed by atoms with van der Waals surface area (Å²) in [5.74, 6) is 0. The van der Waals surface area contributed by atoms with Gasteiger partial charge in [-0.2, -0.15) is 5.26 Å². The van der Waals surface area contributed by atoms with E-state index in [1.807, 2.05) is 30.3 Å². The lowest BCUT2D eigenvalue weighted by molar-refractivity contribution is 0.577. The molecule has 0 atom stereocenters. The molecule has 0 saturated heterocycles. The first kappa shape index (κ1) is 77.7. The maximum Gasteiger partial charge on any atom is 0.0991 e. The van der Waals surface area contributed by atoms with Crippen molar-refractivity contribution >= 4 is 0 Å². The van der Waals surface area contributed by atoms with E-state index in [0.29, 0.717) is 5.41 Å². The van der Waals surface area contributed by atoms with Gasteiger partial charge in [0.15, 0.2) is 0 Å². The zero-order chi connectivity index (χ0) is 68.8. The molecule has 0 amide bonds. The molecule has 484 valence electrons. The van der Waals surface area contributed by atoms with Gasteiger partial charge in [0.1, 0.15) is 0 Å².